The van der Waals surface area contributed by atoms with E-state index in [9.17, 15) is 13.2 Å². The van der Waals surface area contributed by atoms with Crippen LogP contribution in [0.2, 0.25) is 0 Å². The van der Waals surface area contributed by atoms with Gasteiger partial charge in [0.2, 0.25) is 0 Å². The molecule has 0 saturated heterocycles. The summed E-state index contributed by atoms with van der Waals surface area (Å²) in [5.74, 6) is -0.234. The van der Waals surface area contributed by atoms with Crippen molar-refractivity contribution in [1.29, 1.82) is 0 Å². The lowest BCUT2D eigenvalue weighted by Crippen LogP contribution is -2.21. The number of para-hydroxylation sites is 1. The smallest absolute Gasteiger partial charge is 0.405 e. The first-order chi connectivity index (χ1) is 9.85. The second-order valence-electron chi connectivity index (χ2n) is 4.71. The van der Waals surface area contributed by atoms with Crippen LogP contribution in [-0.2, 0) is 6.54 Å². The van der Waals surface area contributed by atoms with Gasteiger partial charge in [0.15, 0.2) is 0 Å². The summed E-state index contributed by atoms with van der Waals surface area (Å²) in [7, 11) is 0. The molecule has 21 heavy (non-hydrogen) atoms. The molecule has 0 amide bonds. The first-order valence-corrected chi connectivity index (χ1v) is 7.20. The monoisotopic (exact) mass is 316 g/mol. The summed E-state index contributed by atoms with van der Waals surface area (Å²) in [6, 6.07) is 6.35. The summed E-state index contributed by atoms with van der Waals surface area (Å²) < 4.78 is 41.3. The Labute approximate surface area is 124 Å². The van der Waals surface area contributed by atoms with Crippen molar-refractivity contribution in [2.24, 2.45) is 0 Å². The van der Waals surface area contributed by atoms with Crippen molar-refractivity contribution < 1.29 is 17.9 Å². The molecule has 7 heteroatoms. The molecule has 3 nitrogen and oxygen atoms in total. The summed E-state index contributed by atoms with van der Waals surface area (Å²) in [6.07, 6.45) is -3.05. The Balaban J connectivity index is 2.22. The molecule has 1 heterocycles. The van der Waals surface area contributed by atoms with Crippen molar-refractivity contribution in [3.8, 4) is 16.3 Å². The second kappa shape index (κ2) is 6.44. The van der Waals surface area contributed by atoms with E-state index in [1.807, 2.05) is 13.8 Å². The average Bonchev–Trinajstić information content (AvgIpc) is 2.83. The van der Waals surface area contributed by atoms with E-state index in [0.717, 1.165) is 4.88 Å². The number of ether oxygens (including phenoxy) is 1. The second-order valence-corrected chi connectivity index (χ2v) is 5.83. The molecule has 0 aliphatic heterocycles. The lowest BCUT2D eigenvalue weighted by molar-refractivity contribution is -0.274. The van der Waals surface area contributed by atoms with Gasteiger partial charge >= 0.3 is 6.36 Å². The zero-order chi connectivity index (χ0) is 15.5. The van der Waals surface area contributed by atoms with Crippen LogP contribution in [0.1, 0.15) is 18.7 Å². The maximum Gasteiger partial charge on any atom is 0.573 e. The number of nitrogens with zero attached hydrogens (tertiary/aromatic N) is 1. The van der Waals surface area contributed by atoms with Crippen molar-refractivity contribution in [1.82, 2.24) is 10.3 Å². The zero-order valence-corrected chi connectivity index (χ0v) is 12.4. The van der Waals surface area contributed by atoms with Crippen LogP contribution in [0.15, 0.2) is 30.5 Å². The normalized spacial score (nSPS) is 11.9. The van der Waals surface area contributed by atoms with Crippen molar-refractivity contribution in [3.63, 3.8) is 0 Å². The Morgan fingerprint density at radius 3 is 2.67 bits per heavy atom. The molecule has 114 valence electrons. The van der Waals surface area contributed by atoms with Crippen LogP contribution in [0.4, 0.5) is 13.2 Å². The van der Waals surface area contributed by atoms with Gasteiger partial charge in [0.05, 0.1) is 5.56 Å². The lowest BCUT2D eigenvalue weighted by Gasteiger charge is -2.11. The number of hydrogen-bond donors (Lipinski definition) is 1. The predicted molar refractivity (Wildman–Crippen MR) is 76.2 cm³/mol. The molecule has 0 atom stereocenters. The largest absolute Gasteiger partial charge is 0.573 e. The van der Waals surface area contributed by atoms with Gasteiger partial charge in [-0.2, -0.15) is 0 Å². The average molecular weight is 316 g/mol. The number of rotatable bonds is 5. The van der Waals surface area contributed by atoms with Crippen LogP contribution < -0.4 is 10.1 Å². The fraction of sp³-hybridized carbons (Fsp3) is 0.357. The van der Waals surface area contributed by atoms with Crippen molar-refractivity contribution in [2.45, 2.75) is 32.8 Å². The Hall–Kier alpha value is -1.60. The van der Waals surface area contributed by atoms with Crippen LogP contribution in [0.5, 0.6) is 5.75 Å². The van der Waals surface area contributed by atoms with Gasteiger partial charge in [-0.25, -0.2) is 4.98 Å². The fourth-order valence-electron chi connectivity index (χ4n) is 1.68. The van der Waals surface area contributed by atoms with Crippen LogP contribution in [0.25, 0.3) is 10.6 Å². The van der Waals surface area contributed by atoms with Crippen LogP contribution in [0.3, 0.4) is 0 Å². The van der Waals surface area contributed by atoms with E-state index in [2.05, 4.69) is 15.0 Å². The number of alkyl halides is 3. The minimum Gasteiger partial charge on any atom is -0.405 e. The number of thiazole rings is 1. The molecule has 0 unspecified atom stereocenters. The molecular formula is C14H15F3N2OS. The van der Waals surface area contributed by atoms with Gasteiger partial charge in [-0.15, -0.1) is 24.5 Å². The molecule has 0 aliphatic carbocycles. The van der Waals surface area contributed by atoms with Crippen LogP contribution in [0, 0.1) is 0 Å². The first-order valence-electron chi connectivity index (χ1n) is 6.38. The summed E-state index contributed by atoms with van der Waals surface area (Å²) in [6.45, 7) is 4.68. The van der Waals surface area contributed by atoms with E-state index in [4.69, 9.17) is 0 Å². The number of nitrogens with one attached hydrogen (secondary N) is 1. The molecule has 0 bridgehead atoms. The molecule has 1 aromatic heterocycles. The van der Waals surface area contributed by atoms with Crippen LogP contribution >= 0.6 is 11.3 Å². The first kappa shape index (κ1) is 15.8. The summed E-state index contributed by atoms with van der Waals surface area (Å²) in [4.78, 5) is 5.15. The highest BCUT2D eigenvalue weighted by Crippen LogP contribution is 2.35. The van der Waals surface area contributed by atoms with Crippen molar-refractivity contribution >= 4 is 11.3 Å². The van der Waals surface area contributed by atoms with Gasteiger partial charge in [0.25, 0.3) is 0 Å². The zero-order valence-electron chi connectivity index (χ0n) is 11.6. The Bertz CT molecular complexity index is 596. The third-order valence-electron chi connectivity index (χ3n) is 2.58. The molecule has 0 radical (unpaired) electrons. The molecule has 1 N–H and O–H groups in total. The van der Waals surface area contributed by atoms with Gasteiger partial charge in [-0.3, -0.25) is 0 Å². The number of hydrogen-bond acceptors (Lipinski definition) is 4. The highest BCUT2D eigenvalue weighted by atomic mass is 32.1. The Morgan fingerprint density at radius 1 is 1.29 bits per heavy atom. The molecule has 0 aliphatic rings. The molecule has 0 saturated carbocycles. The van der Waals surface area contributed by atoms with Gasteiger partial charge in [0, 0.05) is 23.7 Å². The highest BCUT2D eigenvalue weighted by Gasteiger charge is 2.32. The number of halogens is 3. The SMILES string of the molecule is CC(C)NCc1cnc(-c2ccccc2OC(F)(F)F)s1. The van der Waals surface area contributed by atoms with Crippen molar-refractivity contribution in [2.75, 3.05) is 0 Å². The van der Waals surface area contributed by atoms with Gasteiger partial charge in [0.1, 0.15) is 10.8 Å². The van der Waals surface area contributed by atoms with E-state index >= 15 is 0 Å². The standard InChI is InChI=1S/C14H15F3N2OS/c1-9(2)18-7-10-8-19-13(21-10)11-5-3-4-6-12(11)20-14(15,16)17/h3-6,8-9,18H,7H2,1-2H3. The third-order valence-corrected chi connectivity index (χ3v) is 3.61. The van der Waals surface area contributed by atoms with E-state index in [1.54, 1.807) is 18.3 Å². The molecule has 1 aromatic carbocycles. The maximum absolute atomic E-state index is 12.4. The number of benzene rings is 1. The lowest BCUT2D eigenvalue weighted by atomic mass is 10.2. The van der Waals surface area contributed by atoms with Gasteiger partial charge in [-0.1, -0.05) is 26.0 Å². The summed E-state index contributed by atoms with van der Waals surface area (Å²) >= 11 is 1.35. The molecule has 2 rings (SSSR count). The van der Waals surface area contributed by atoms with Crippen LogP contribution in [-0.4, -0.2) is 17.4 Å². The Kier molecular flexibility index (Phi) is 4.84. The van der Waals surface area contributed by atoms with Gasteiger partial charge in [-0.05, 0) is 12.1 Å². The number of aromatic nitrogens is 1. The third kappa shape index (κ3) is 4.71. The summed E-state index contributed by atoms with van der Waals surface area (Å²) in [5.41, 5.74) is 0.343. The maximum atomic E-state index is 12.4. The molecule has 2 aromatic rings. The summed E-state index contributed by atoms with van der Waals surface area (Å²) in [5, 5.41) is 3.75. The molecule has 0 spiro atoms. The predicted octanol–water partition coefficient (Wildman–Crippen LogP) is 4.21. The van der Waals surface area contributed by atoms with Gasteiger partial charge < -0.3 is 10.1 Å². The minimum atomic E-state index is -4.71. The molecule has 0 fully saturated rings. The van der Waals surface area contributed by atoms with E-state index in [0.29, 0.717) is 23.2 Å². The Morgan fingerprint density at radius 2 is 2.00 bits per heavy atom. The van der Waals surface area contributed by atoms with E-state index in [-0.39, 0.29) is 5.75 Å². The molecular weight excluding hydrogens is 301 g/mol. The fourth-order valence-corrected chi connectivity index (χ4v) is 2.57. The van der Waals surface area contributed by atoms with E-state index < -0.39 is 6.36 Å². The van der Waals surface area contributed by atoms with E-state index in [1.165, 1.54) is 23.5 Å². The van der Waals surface area contributed by atoms with Crippen molar-refractivity contribution in [3.05, 3.63) is 35.3 Å². The highest BCUT2D eigenvalue weighted by molar-refractivity contribution is 7.15. The quantitative estimate of drug-likeness (QED) is 0.897. The minimum absolute atomic E-state index is 0.234. The topological polar surface area (TPSA) is 34.2 Å².